The van der Waals surface area contributed by atoms with Crippen LogP contribution in [0, 0.1) is 41.4 Å². The summed E-state index contributed by atoms with van der Waals surface area (Å²) in [5, 5.41) is 144. The van der Waals surface area contributed by atoms with Crippen molar-refractivity contribution in [2.24, 2.45) is 41.4 Å². The predicted molar refractivity (Wildman–Crippen MR) is 243 cm³/mol. The number of aliphatic carboxylic acids is 2. The van der Waals surface area contributed by atoms with Crippen LogP contribution in [0.3, 0.4) is 0 Å². The first kappa shape index (κ1) is 62.7. The monoisotopic (exact) mass is 1100 g/mol. The van der Waals surface area contributed by atoms with Crippen molar-refractivity contribution in [2.45, 2.75) is 149 Å². The number of carboxylic acids is 2. The smallest absolute Gasteiger partial charge is 0.302 e. The SMILES string of the molecule is CC[C@H]1C(O)C(O)[C@H](COC[C@@H]2C(CO)C[C@@H](COC)C(O)[C@@H]2COC[C@H]2OC(COC(C)=O)[C@@H](O)[C@@H](O)C2COC[C@@H]2OC(C(=O)[O-])[C@@H](COC[C@@H]3OC4COC(C)(C(=O)[O-])O[C@H]4[C@@H](O)C3O)[C@@H](O)C2O)O[C@H]1CO. The van der Waals surface area contributed by atoms with E-state index in [9.17, 15) is 80.8 Å². The first-order valence-electron chi connectivity index (χ1n) is 25.7. The third-order valence-electron chi connectivity index (χ3n) is 15.9. The third-order valence-corrected chi connectivity index (χ3v) is 15.9. The van der Waals surface area contributed by atoms with Gasteiger partial charge >= 0.3 is 5.97 Å². The summed E-state index contributed by atoms with van der Waals surface area (Å²) in [4.78, 5) is 35.6. The molecule has 0 amide bonds. The molecule has 440 valence electrons. The number of hydrogen-bond acceptors (Lipinski definition) is 28. The molecule has 0 bridgehead atoms. The molecular formula is C48H78O28-2. The molecule has 28 nitrogen and oxygen atoms in total. The van der Waals surface area contributed by atoms with E-state index in [2.05, 4.69) is 0 Å². The number of fused-ring (bicyclic) bond motifs is 1. The van der Waals surface area contributed by atoms with Crippen molar-refractivity contribution in [3.63, 3.8) is 0 Å². The Balaban J connectivity index is 1.07. The van der Waals surface area contributed by atoms with Crippen LogP contribution in [-0.2, 0) is 71.2 Å². The van der Waals surface area contributed by atoms with E-state index >= 15 is 0 Å². The predicted octanol–water partition coefficient (Wildman–Crippen LogP) is -8.68. The molecule has 1 saturated carbocycles. The second kappa shape index (κ2) is 28.3. The highest BCUT2D eigenvalue weighted by molar-refractivity contribution is 5.73. The topological polar surface area (TPSA) is 431 Å². The second-order valence-corrected chi connectivity index (χ2v) is 20.9. The summed E-state index contributed by atoms with van der Waals surface area (Å²) in [6.45, 7) is -0.299. The zero-order valence-corrected chi connectivity index (χ0v) is 42.9. The number of aliphatic hydroxyl groups excluding tert-OH is 11. The molecular weight excluding hydrogens is 1020 g/mol. The van der Waals surface area contributed by atoms with Crippen molar-refractivity contribution < 1.29 is 138 Å². The fourth-order valence-electron chi connectivity index (χ4n) is 11.4. The molecule has 0 radical (unpaired) electrons. The fourth-order valence-corrected chi connectivity index (χ4v) is 11.4. The van der Waals surface area contributed by atoms with E-state index in [-0.39, 0.29) is 52.9 Å². The molecule has 11 unspecified atom stereocenters. The molecule has 5 aliphatic heterocycles. The van der Waals surface area contributed by atoms with Gasteiger partial charge in [-0.25, -0.2) is 0 Å². The maximum absolute atomic E-state index is 12.4. The molecule has 0 aromatic carbocycles. The summed E-state index contributed by atoms with van der Waals surface area (Å²) in [6, 6.07) is 0. The van der Waals surface area contributed by atoms with Crippen LogP contribution in [0.2, 0.25) is 0 Å². The van der Waals surface area contributed by atoms with Gasteiger partial charge in [0, 0.05) is 50.2 Å². The van der Waals surface area contributed by atoms with Gasteiger partial charge in [-0.1, -0.05) is 6.92 Å². The van der Waals surface area contributed by atoms with E-state index in [0.29, 0.717) is 12.8 Å². The van der Waals surface area contributed by atoms with Crippen LogP contribution in [0.4, 0.5) is 0 Å². The first-order valence-corrected chi connectivity index (χ1v) is 25.7. The van der Waals surface area contributed by atoms with Gasteiger partial charge in [0.05, 0.1) is 115 Å². The second-order valence-electron chi connectivity index (χ2n) is 20.9. The molecule has 6 aliphatic rings. The fraction of sp³-hybridized carbons (Fsp3) is 0.938. The number of methoxy groups -OCH3 is 1. The number of hydrogen-bond donors (Lipinski definition) is 11. The quantitative estimate of drug-likeness (QED) is 0.0378. The largest absolute Gasteiger partial charge is 0.547 e. The molecule has 5 heterocycles. The Bertz CT molecular complexity index is 1810. The Hall–Kier alpha value is -2.47. The average Bonchev–Trinajstić information content (AvgIpc) is 3.40. The van der Waals surface area contributed by atoms with Gasteiger partial charge in [-0.15, -0.1) is 0 Å². The first-order chi connectivity index (χ1) is 36.1. The van der Waals surface area contributed by atoms with Crippen molar-refractivity contribution >= 4 is 17.9 Å². The van der Waals surface area contributed by atoms with E-state index in [1.165, 1.54) is 7.11 Å². The number of carbonyl (C=O) groups excluding carboxylic acids is 3. The maximum atomic E-state index is 12.4. The molecule has 0 spiro atoms. The van der Waals surface area contributed by atoms with Crippen molar-refractivity contribution in [3.8, 4) is 0 Å². The summed E-state index contributed by atoms with van der Waals surface area (Å²) in [5.74, 6) is -11.7. The minimum atomic E-state index is -2.22. The lowest BCUT2D eigenvalue weighted by molar-refractivity contribution is -0.398. The van der Waals surface area contributed by atoms with Gasteiger partial charge in [-0.05, 0) is 31.6 Å². The minimum Gasteiger partial charge on any atom is -0.547 e. The van der Waals surface area contributed by atoms with Crippen LogP contribution in [0.1, 0.15) is 33.6 Å². The van der Waals surface area contributed by atoms with Gasteiger partial charge < -0.3 is 133 Å². The molecule has 26 atom stereocenters. The third kappa shape index (κ3) is 14.5. The van der Waals surface area contributed by atoms with Gasteiger partial charge in [0.1, 0.15) is 85.8 Å². The van der Waals surface area contributed by atoms with E-state index in [1.807, 2.05) is 0 Å². The Morgan fingerprint density at radius 3 is 1.59 bits per heavy atom. The zero-order chi connectivity index (χ0) is 55.8. The lowest BCUT2D eigenvalue weighted by atomic mass is 9.66. The molecule has 1 aliphatic carbocycles. The van der Waals surface area contributed by atoms with Gasteiger partial charge in [0.2, 0.25) is 5.79 Å². The van der Waals surface area contributed by atoms with E-state index < -0.39 is 208 Å². The van der Waals surface area contributed by atoms with Crippen molar-refractivity contribution in [3.05, 3.63) is 0 Å². The molecule has 11 N–H and O–H groups in total. The summed E-state index contributed by atoms with van der Waals surface area (Å²) in [6.07, 6.45) is -24.2. The normalized spacial score (nSPS) is 45.0. The average molecular weight is 1100 g/mol. The van der Waals surface area contributed by atoms with Crippen LogP contribution >= 0.6 is 0 Å². The zero-order valence-electron chi connectivity index (χ0n) is 42.9. The lowest BCUT2D eigenvalue weighted by Gasteiger charge is -2.49. The molecule has 76 heavy (non-hydrogen) atoms. The molecule has 6 rings (SSSR count). The number of carboxylic acid groups (broad SMARTS) is 2. The molecule has 0 aromatic rings. The van der Waals surface area contributed by atoms with Gasteiger partial charge in [-0.3, -0.25) is 4.79 Å². The number of ether oxygens (including phenoxy) is 12. The maximum Gasteiger partial charge on any atom is 0.302 e. The highest BCUT2D eigenvalue weighted by Gasteiger charge is 2.53. The number of carbonyl (C=O) groups is 3. The van der Waals surface area contributed by atoms with Gasteiger partial charge in [0.25, 0.3) is 0 Å². The van der Waals surface area contributed by atoms with Crippen LogP contribution in [0.25, 0.3) is 0 Å². The molecule has 0 aromatic heterocycles. The van der Waals surface area contributed by atoms with Crippen LogP contribution in [0.5, 0.6) is 0 Å². The van der Waals surface area contributed by atoms with Crippen LogP contribution in [-0.4, -0.2) is 283 Å². The summed E-state index contributed by atoms with van der Waals surface area (Å²) >= 11 is 0. The highest BCUT2D eigenvalue weighted by atomic mass is 16.8. The standard InChI is InChI=1S/C48H80O28/c1-5-23-28(8-50)72-30(39(56)36(23)53)15-66-10-24-21(7-49)6-22(9-65-4)35(52)25(24)11-67-14-29-26(37(54)41(58)33(73-29)18-70-20(2)51)12-68-17-32-40(57)38(55)27(44(75-32)46(61)62)13-69-16-31-42(59)43(60)45-34(74-31)19-71-48(3,76-45)47(63)64/h21-45,49-50,52-60H,5-19H2,1-4H3,(H,61,62)(H,63,64)/p-2/t21?,22-,23+,24+,25+,26?,27-,28-,29+,30-,31-,32-,33?,34?,35?,36?,37-,38+,39?,40?,41+,42?,43-,44?,45+,48?/m0/s1. The molecule has 28 heteroatoms. The van der Waals surface area contributed by atoms with Crippen molar-refractivity contribution in [1.82, 2.24) is 0 Å². The van der Waals surface area contributed by atoms with Gasteiger partial charge in [0.15, 0.2) is 0 Å². The van der Waals surface area contributed by atoms with E-state index in [1.54, 1.807) is 6.92 Å². The van der Waals surface area contributed by atoms with E-state index in [4.69, 9.17) is 56.8 Å². The number of esters is 1. The highest BCUT2D eigenvalue weighted by Crippen LogP contribution is 2.41. The van der Waals surface area contributed by atoms with Crippen LogP contribution < -0.4 is 10.2 Å². The van der Waals surface area contributed by atoms with Crippen LogP contribution in [0.15, 0.2) is 0 Å². The molecule has 5 saturated heterocycles. The Kier molecular flexibility index (Phi) is 23.3. The number of rotatable bonds is 25. The van der Waals surface area contributed by atoms with Crippen molar-refractivity contribution in [2.75, 3.05) is 93.0 Å². The summed E-state index contributed by atoms with van der Waals surface area (Å²) < 4.78 is 68.1. The van der Waals surface area contributed by atoms with Gasteiger partial charge in [-0.2, -0.15) is 0 Å². The van der Waals surface area contributed by atoms with Crippen molar-refractivity contribution in [1.29, 1.82) is 0 Å². The lowest BCUT2D eigenvalue weighted by Crippen LogP contribution is -2.68. The minimum absolute atomic E-state index is 0.0591. The Morgan fingerprint density at radius 2 is 1.04 bits per heavy atom. The number of aliphatic hydroxyl groups is 11. The van der Waals surface area contributed by atoms with E-state index in [0.717, 1.165) is 13.8 Å². The summed E-state index contributed by atoms with van der Waals surface area (Å²) in [5.41, 5.74) is 0. The Morgan fingerprint density at radius 1 is 0.539 bits per heavy atom. The Labute approximate surface area is 438 Å². The molecule has 6 fully saturated rings. The summed E-state index contributed by atoms with van der Waals surface area (Å²) in [7, 11) is 1.47.